The van der Waals surface area contributed by atoms with E-state index in [0.717, 1.165) is 18.4 Å². The molecule has 0 aromatic carbocycles. The van der Waals surface area contributed by atoms with Crippen LogP contribution in [0.5, 0.6) is 0 Å². The molecule has 1 saturated carbocycles. The van der Waals surface area contributed by atoms with E-state index in [-0.39, 0.29) is 17.6 Å². The molecule has 0 aromatic heterocycles. The maximum absolute atomic E-state index is 11.7. The van der Waals surface area contributed by atoms with E-state index in [2.05, 4.69) is 46.9 Å². The molecule has 1 N–H and O–H groups in total. The van der Waals surface area contributed by atoms with Crippen LogP contribution in [0.1, 0.15) is 61.3 Å². The lowest BCUT2D eigenvalue weighted by atomic mass is 9.66. The van der Waals surface area contributed by atoms with Crippen LogP contribution < -0.4 is 0 Å². The first kappa shape index (κ1) is 19.9. The standard InChI is InChI=1S/C23H36O3/c1-10-21(8)11-12-22(9)16(13-23(21,24)15(4)5)18-19(17(22)14(2)3)26-20(6,7)25-18/h10,13-14,17-19,24H,1,4,11-12H2,2-3,5-9H3/t17-,18+,19-,21-,22-,23-/m0/s1. The topological polar surface area (TPSA) is 38.7 Å². The maximum atomic E-state index is 11.7. The van der Waals surface area contributed by atoms with Gasteiger partial charge < -0.3 is 14.6 Å². The zero-order valence-electron chi connectivity index (χ0n) is 17.6. The number of rotatable bonds is 3. The molecule has 3 nitrogen and oxygen atoms in total. The zero-order chi connectivity index (χ0) is 19.7. The van der Waals surface area contributed by atoms with E-state index in [1.54, 1.807) is 0 Å². The lowest BCUT2D eigenvalue weighted by Gasteiger charge is -2.42. The Bertz CT molecular complexity index is 660. The van der Waals surface area contributed by atoms with Crippen molar-refractivity contribution in [3.63, 3.8) is 0 Å². The van der Waals surface area contributed by atoms with E-state index in [0.29, 0.717) is 11.8 Å². The van der Waals surface area contributed by atoms with Crippen molar-refractivity contribution in [2.24, 2.45) is 22.7 Å². The van der Waals surface area contributed by atoms with Gasteiger partial charge in [0.1, 0.15) is 11.7 Å². The summed E-state index contributed by atoms with van der Waals surface area (Å²) in [6, 6.07) is 0. The Kier molecular flexibility index (Phi) is 4.43. The summed E-state index contributed by atoms with van der Waals surface area (Å²) in [7, 11) is 0. The Morgan fingerprint density at radius 1 is 1.23 bits per heavy atom. The third kappa shape index (κ3) is 2.51. The summed E-state index contributed by atoms with van der Waals surface area (Å²) in [4.78, 5) is 0. The average Bonchev–Trinajstić information content (AvgIpc) is 2.89. The van der Waals surface area contributed by atoms with Gasteiger partial charge in [-0.25, -0.2) is 0 Å². The van der Waals surface area contributed by atoms with Gasteiger partial charge in [-0.1, -0.05) is 40.3 Å². The van der Waals surface area contributed by atoms with Gasteiger partial charge in [-0.05, 0) is 68.1 Å². The lowest BCUT2D eigenvalue weighted by molar-refractivity contribution is -0.162. The summed E-state index contributed by atoms with van der Waals surface area (Å²) < 4.78 is 12.7. The normalized spacial score (nSPS) is 47.1. The zero-order valence-corrected chi connectivity index (χ0v) is 17.6. The highest BCUT2D eigenvalue weighted by molar-refractivity contribution is 5.41. The van der Waals surface area contributed by atoms with E-state index in [1.165, 1.54) is 5.57 Å². The highest BCUT2D eigenvalue weighted by Crippen LogP contribution is 2.63. The fourth-order valence-corrected chi connectivity index (χ4v) is 5.81. The molecular weight excluding hydrogens is 324 g/mol. The van der Waals surface area contributed by atoms with Crippen LogP contribution in [0, 0.1) is 22.7 Å². The van der Waals surface area contributed by atoms with Crippen LogP contribution in [0.2, 0.25) is 0 Å². The Morgan fingerprint density at radius 3 is 2.35 bits per heavy atom. The van der Waals surface area contributed by atoms with Crippen LogP contribution in [0.3, 0.4) is 0 Å². The average molecular weight is 361 g/mol. The maximum Gasteiger partial charge on any atom is 0.164 e. The van der Waals surface area contributed by atoms with Crippen molar-refractivity contribution in [3.8, 4) is 0 Å². The smallest absolute Gasteiger partial charge is 0.164 e. The predicted molar refractivity (Wildman–Crippen MR) is 106 cm³/mol. The Hall–Kier alpha value is -0.900. The summed E-state index contributed by atoms with van der Waals surface area (Å²) in [5, 5.41) is 11.7. The molecule has 0 amide bonds. The van der Waals surface area contributed by atoms with E-state index >= 15 is 0 Å². The number of fused-ring (bicyclic) bond motifs is 3. The van der Waals surface area contributed by atoms with E-state index in [9.17, 15) is 5.11 Å². The Balaban J connectivity index is 2.22. The number of hydrogen-bond donors (Lipinski definition) is 1. The molecule has 1 aliphatic heterocycles. The molecule has 3 rings (SSSR count). The van der Waals surface area contributed by atoms with Crippen molar-refractivity contribution in [1.29, 1.82) is 0 Å². The van der Waals surface area contributed by atoms with Crippen LogP contribution in [0.25, 0.3) is 0 Å². The van der Waals surface area contributed by atoms with Gasteiger partial charge >= 0.3 is 0 Å². The molecule has 2 fully saturated rings. The van der Waals surface area contributed by atoms with Crippen molar-refractivity contribution in [2.75, 3.05) is 0 Å². The van der Waals surface area contributed by atoms with Crippen LogP contribution in [-0.4, -0.2) is 28.7 Å². The van der Waals surface area contributed by atoms with Gasteiger partial charge in [-0.2, -0.15) is 0 Å². The first-order valence-corrected chi connectivity index (χ1v) is 9.92. The molecule has 1 heterocycles. The minimum Gasteiger partial charge on any atom is -0.380 e. The van der Waals surface area contributed by atoms with Gasteiger partial charge in [0.25, 0.3) is 0 Å². The van der Waals surface area contributed by atoms with Crippen molar-refractivity contribution in [3.05, 3.63) is 36.5 Å². The molecule has 0 spiro atoms. The number of hydrogen-bond acceptors (Lipinski definition) is 3. The second-order valence-electron chi connectivity index (χ2n) is 9.98. The van der Waals surface area contributed by atoms with E-state index in [4.69, 9.17) is 9.47 Å². The van der Waals surface area contributed by atoms with Gasteiger partial charge in [0.05, 0.1) is 6.10 Å². The minimum atomic E-state index is -1.13. The second kappa shape index (κ2) is 5.80. The molecule has 6 atom stereocenters. The lowest BCUT2D eigenvalue weighted by Crippen LogP contribution is -2.44. The predicted octanol–water partition coefficient (Wildman–Crippen LogP) is 5.02. The quantitative estimate of drug-likeness (QED) is 0.718. The van der Waals surface area contributed by atoms with Gasteiger partial charge in [-0.3, -0.25) is 0 Å². The molecule has 0 bridgehead atoms. The molecule has 1 saturated heterocycles. The second-order valence-corrected chi connectivity index (χ2v) is 9.98. The van der Waals surface area contributed by atoms with Gasteiger partial charge in [0.15, 0.2) is 5.79 Å². The highest BCUT2D eigenvalue weighted by atomic mass is 16.8. The third-order valence-electron chi connectivity index (χ3n) is 7.40. The molecule has 0 unspecified atom stereocenters. The van der Waals surface area contributed by atoms with Crippen molar-refractivity contribution >= 4 is 0 Å². The number of aliphatic hydroxyl groups is 1. The fraction of sp³-hybridized carbons (Fsp3) is 0.739. The monoisotopic (exact) mass is 360 g/mol. The highest BCUT2D eigenvalue weighted by Gasteiger charge is 2.64. The molecule has 2 aliphatic carbocycles. The summed E-state index contributed by atoms with van der Waals surface area (Å²) >= 11 is 0. The summed E-state index contributed by atoms with van der Waals surface area (Å²) in [5.74, 6) is 0.212. The Labute approximate surface area is 159 Å². The summed E-state index contributed by atoms with van der Waals surface area (Å²) in [5.41, 5.74) is 0.284. The molecule has 0 aromatic rings. The van der Waals surface area contributed by atoms with Gasteiger partial charge in [0, 0.05) is 5.41 Å². The SMILES string of the molecule is C=C[C@@]1(C)CC[C@@]2(C)C(=C[C@]1(O)C(=C)C)[C@H]1OC(C)(C)O[C@H]1[C@@H]2C(C)C. The van der Waals surface area contributed by atoms with E-state index in [1.807, 2.05) is 26.8 Å². The molecule has 146 valence electrons. The summed E-state index contributed by atoms with van der Waals surface area (Å²) in [6.07, 6.45) is 5.70. The minimum absolute atomic E-state index is 0.0312. The first-order chi connectivity index (χ1) is 11.8. The third-order valence-corrected chi connectivity index (χ3v) is 7.40. The molecular formula is C23H36O3. The van der Waals surface area contributed by atoms with Crippen molar-refractivity contribution in [2.45, 2.75) is 84.9 Å². The van der Waals surface area contributed by atoms with Crippen molar-refractivity contribution < 1.29 is 14.6 Å². The van der Waals surface area contributed by atoms with E-state index < -0.39 is 16.8 Å². The number of ether oxygens (including phenoxy) is 2. The first-order valence-electron chi connectivity index (χ1n) is 9.92. The molecule has 0 radical (unpaired) electrons. The van der Waals surface area contributed by atoms with Gasteiger partial charge in [-0.15, -0.1) is 6.58 Å². The molecule has 26 heavy (non-hydrogen) atoms. The molecule has 3 aliphatic rings. The van der Waals surface area contributed by atoms with Gasteiger partial charge in [0.2, 0.25) is 0 Å². The summed E-state index contributed by atoms with van der Waals surface area (Å²) in [6.45, 7) is 23.0. The fourth-order valence-electron chi connectivity index (χ4n) is 5.81. The molecule has 3 heteroatoms. The largest absolute Gasteiger partial charge is 0.380 e. The Morgan fingerprint density at radius 2 is 1.85 bits per heavy atom. The van der Waals surface area contributed by atoms with Crippen LogP contribution in [-0.2, 0) is 9.47 Å². The van der Waals surface area contributed by atoms with Crippen LogP contribution >= 0.6 is 0 Å². The van der Waals surface area contributed by atoms with Crippen LogP contribution in [0.4, 0.5) is 0 Å². The van der Waals surface area contributed by atoms with Crippen LogP contribution in [0.15, 0.2) is 36.5 Å². The van der Waals surface area contributed by atoms with Crippen molar-refractivity contribution in [1.82, 2.24) is 0 Å².